The Bertz CT molecular complexity index is 764. The minimum Gasteiger partial charge on any atom is -0.355 e. The lowest BCUT2D eigenvalue weighted by Crippen LogP contribution is -2.30. The fourth-order valence-corrected chi connectivity index (χ4v) is 2.65. The summed E-state index contributed by atoms with van der Waals surface area (Å²) in [6, 6.07) is 13.7. The van der Waals surface area contributed by atoms with E-state index >= 15 is 0 Å². The summed E-state index contributed by atoms with van der Waals surface area (Å²) in [7, 11) is 0. The van der Waals surface area contributed by atoms with Gasteiger partial charge in [0.05, 0.1) is 0 Å². The van der Waals surface area contributed by atoms with E-state index in [1.54, 1.807) is 12.1 Å². The second-order valence-corrected chi connectivity index (χ2v) is 7.25. The molecule has 2 aromatic carbocycles. The topological polar surface area (TPSA) is 58.2 Å². The molecular formula is C21H25FN2O2. The highest BCUT2D eigenvalue weighted by Crippen LogP contribution is 2.29. The van der Waals surface area contributed by atoms with Gasteiger partial charge in [-0.25, -0.2) is 4.39 Å². The van der Waals surface area contributed by atoms with Crippen molar-refractivity contribution in [2.24, 2.45) is 0 Å². The Morgan fingerprint density at radius 1 is 0.962 bits per heavy atom. The van der Waals surface area contributed by atoms with Crippen molar-refractivity contribution < 1.29 is 14.0 Å². The molecule has 0 unspecified atom stereocenters. The summed E-state index contributed by atoms with van der Waals surface area (Å²) in [5.74, 6) is -0.969. The number of carbonyl (C=O) groups is 2. The number of hydrogen-bond donors (Lipinski definition) is 2. The maximum absolute atomic E-state index is 12.8. The van der Waals surface area contributed by atoms with Gasteiger partial charge in [-0.2, -0.15) is 0 Å². The Kier molecular flexibility index (Phi) is 6.50. The molecule has 138 valence electrons. The Hall–Kier alpha value is -2.69. The van der Waals surface area contributed by atoms with Gasteiger partial charge in [-0.3, -0.25) is 9.59 Å². The first-order valence-electron chi connectivity index (χ1n) is 8.66. The molecule has 2 N–H and O–H groups in total. The molecule has 5 heteroatoms. The number of hydrogen-bond acceptors (Lipinski definition) is 2. The summed E-state index contributed by atoms with van der Waals surface area (Å²) in [5, 5.41) is 5.53. The summed E-state index contributed by atoms with van der Waals surface area (Å²) in [6.07, 6.45) is 0.350. The number of para-hydroxylation sites is 1. The predicted molar refractivity (Wildman–Crippen MR) is 102 cm³/mol. The van der Waals surface area contributed by atoms with Crippen LogP contribution in [0.25, 0.3) is 0 Å². The van der Waals surface area contributed by atoms with E-state index in [4.69, 9.17) is 0 Å². The van der Waals surface area contributed by atoms with Gasteiger partial charge in [-0.05, 0) is 41.2 Å². The first-order valence-corrected chi connectivity index (χ1v) is 8.66. The minimum absolute atomic E-state index is 0.110. The van der Waals surface area contributed by atoms with E-state index in [1.165, 1.54) is 12.1 Å². The fourth-order valence-electron chi connectivity index (χ4n) is 2.65. The van der Waals surface area contributed by atoms with E-state index in [9.17, 15) is 14.0 Å². The Labute approximate surface area is 153 Å². The molecule has 0 aliphatic carbocycles. The van der Waals surface area contributed by atoms with Gasteiger partial charge in [-0.15, -0.1) is 0 Å². The fraction of sp³-hybridized carbons (Fsp3) is 0.333. The molecule has 0 aliphatic rings. The van der Waals surface area contributed by atoms with E-state index in [2.05, 4.69) is 31.4 Å². The van der Waals surface area contributed by atoms with Gasteiger partial charge in [0, 0.05) is 12.2 Å². The number of amides is 2. The van der Waals surface area contributed by atoms with Gasteiger partial charge in [-0.1, -0.05) is 51.1 Å². The lowest BCUT2D eigenvalue weighted by molar-refractivity contribution is -0.126. The molecule has 0 atom stereocenters. The normalized spacial score (nSPS) is 11.1. The molecular weight excluding hydrogens is 331 g/mol. The maximum Gasteiger partial charge on any atom is 0.233 e. The van der Waals surface area contributed by atoms with Crippen LogP contribution in [0.3, 0.4) is 0 Å². The molecule has 0 saturated carbocycles. The van der Waals surface area contributed by atoms with Crippen LogP contribution in [0.5, 0.6) is 0 Å². The van der Waals surface area contributed by atoms with Crippen molar-refractivity contribution in [2.45, 2.75) is 39.0 Å². The third-order valence-electron chi connectivity index (χ3n) is 3.98. The largest absolute Gasteiger partial charge is 0.355 e. The first-order chi connectivity index (χ1) is 12.3. The zero-order chi connectivity index (χ0) is 19.2. The second kappa shape index (κ2) is 8.61. The molecule has 2 rings (SSSR count). The monoisotopic (exact) mass is 356 g/mol. The third kappa shape index (κ3) is 5.99. The van der Waals surface area contributed by atoms with Gasteiger partial charge < -0.3 is 10.6 Å². The van der Waals surface area contributed by atoms with Crippen molar-refractivity contribution >= 4 is 17.5 Å². The van der Waals surface area contributed by atoms with Gasteiger partial charge in [0.25, 0.3) is 0 Å². The number of halogens is 1. The number of benzene rings is 2. The SMILES string of the molecule is CC(C)(C)c1ccccc1NC(=O)CC(=O)NCCc1ccc(F)cc1. The molecule has 4 nitrogen and oxygen atoms in total. The summed E-state index contributed by atoms with van der Waals surface area (Å²) in [4.78, 5) is 24.1. The molecule has 0 saturated heterocycles. The maximum atomic E-state index is 12.8. The van der Waals surface area contributed by atoms with Gasteiger partial charge in [0.2, 0.25) is 11.8 Å². The van der Waals surface area contributed by atoms with Crippen LogP contribution in [0.2, 0.25) is 0 Å². The summed E-state index contributed by atoms with van der Waals surface area (Å²) in [5.41, 5.74) is 2.56. The van der Waals surface area contributed by atoms with E-state index in [0.29, 0.717) is 13.0 Å². The van der Waals surface area contributed by atoms with Gasteiger partial charge in [0.15, 0.2) is 0 Å². The molecule has 0 heterocycles. The van der Waals surface area contributed by atoms with Crippen molar-refractivity contribution in [1.29, 1.82) is 0 Å². The summed E-state index contributed by atoms with van der Waals surface area (Å²) in [6.45, 7) is 6.61. The number of anilines is 1. The van der Waals surface area contributed by atoms with Crippen molar-refractivity contribution in [3.63, 3.8) is 0 Å². The van der Waals surface area contributed by atoms with Crippen molar-refractivity contribution in [2.75, 3.05) is 11.9 Å². The zero-order valence-corrected chi connectivity index (χ0v) is 15.4. The highest BCUT2D eigenvalue weighted by molar-refractivity contribution is 6.03. The first kappa shape index (κ1) is 19.6. The van der Waals surface area contributed by atoms with Crippen LogP contribution in [0.15, 0.2) is 48.5 Å². The highest BCUT2D eigenvalue weighted by atomic mass is 19.1. The Morgan fingerprint density at radius 2 is 1.62 bits per heavy atom. The molecule has 2 aromatic rings. The molecule has 0 bridgehead atoms. The Balaban J connectivity index is 1.82. The van der Waals surface area contributed by atoms with E-state index in [-0.39, 0.29) is 29.5 Å². The van der Waals surface area contributed by atoms with Gasteiger partial charge in [0.1, 0.15) is 12.2 Å². The van der Waals surface area contributed by atoms with Crippen molar-refractivity contribution in [3.05, 3.63) is 65.5 Å². The predicted octanol–water partition coefficient (Wildman–Crippen LogP) is 3.81. The van der Waals surface area contributed by atoms with Crippen LogP contribution in [0.4, 0.5) is 10.1 Å². The van der Waals surface area contributed by atoms with Crippen LogP contribution < -0.4 is 10.6 Å². The minimum atomic E-state index is -0.346. The number of nitrogens with one attached hydrogen (secondary N) is 2. The van der Waals surface area contributed by atoms with Gasteiger partial charge >= 0.3 is 0 Å². The summed E-state index contributed by atoms with van der Waals surface area (Å²) < 4.78 is 12.8. The number of carbonyl (C=O) groups excluding carboxylic acids is 2. The molecule has 0 aromatic heterocycles. The van der Waals surface area contributed by atoms with E-state index < -0.39 is 0 Å². The van der Waals surface area contributed by atoms with Crippen molar-refractivity contribution in [3.8, 4) is 0 Å². The molecule has 0 aliphatic heterocycles. The van der Waals surface area contributed by atoms with Crippen LogP contribution in [0, 0.1) is 5.82 Å². The average molecular weight is 356 g/mol. The smallest absolute Gasteiger partial charge is 0.233 e. The second-order valence-electron chi connectivity index (χ2n) is 7.25. The standard InChI is InChI=1S/C21H25FN2O2/c1-21(2,3)17-6-4-5-7-18(17)24-20(26)14-19(25)23-13-12-15-8-10-16(22)11-9-15/h4-11H,12-14H2,1-3H3,(H,23,25)(H,24,26). The Morgan fingerprint density at radius 3 is 2.27 bits per heavy atom. The lowest BCUT2D eigenvalue weighted by atomic mass is 9.86. The highest BCUT2D eigenvalue weighted by Gasteiger charge is 2.19. The quantitative estimate of drug-likeness (QED) is 0.773. The molecule has 2 amide bonds. The van der Waals surface area contributed by atoms with Crippen molar-refractivity contribution in [1.82, 2.24) is 5.32 Å². The van der Waals surface area contributed by atoms with E-state index in [0.717, 1.165) is 16.8 Å². The zero-order valence-electron chi connectivity index (χ0n) is 15.4. The average Bonchev–Trinajstić information content (AvgIpc) is 2.56. The molecule has 0 fully saturated rings. The van der Waals surface area contributed by atoms with Crippen LogP contribution in [0.1, 0.15) is 38.3 Å². The third-order valence-corrected chi connectivity index (χ3v) is 3.98. The number of rotatable bonds is 6. The lowest BCUT2D eigenvalue weighted by Gasteiger charge is -2.22. The van der Waals surface area contributed by atoms with Crippen LogP contribution >= 0.6 is 0 Å². The van der Waals surface area contributed by atoms with E-state index in [1.807, 2.05) is 24.3 Å². The van der Waals surface area contributed by atoms with Crippen LogP contribution in [-0.2, 0) is 21.4 Å². The summed E-state index contributed by atoms with van der Waals surface area (Å²) >= 11 is 0. The van der Waals surface area contributed by atoms with Crippen LogP contribution in [-0.4, -0.2) is 18.4 Å². The molecule has 26 heavy (non-hydrogen) atoms. The molecule has 0 radical (unpaired) electrons. The molecule has 0 spiro atoms.